The van der Waals surface area contributed by atoms with Gasteiger partial charge >= 0.3 is 0 Å². The number of carbonyl (C=O) groups is 2. The van der Waals surface area contributed by atoms with Gasteiger partial charge in [-0.3, -0.25) is 9.59 Å². The first-order valence-electron chi connectivity index (χ1n) is 9.00. The van der Waals surface area contributed by atoms with Crippen molar-refractivity contribution in [2.24, 2.45) is 5.92 Å². The molecule has 142 valence electrons. The van der Waals surface area contributed by atoms with E-state index in [0.717, 1.165) is 11.3 Å². The van der Waals surface area contributed by atoms with Crippen LogP contribution in [0, 0.1) is 18.7 Å². The number of amides is 2. The Kier molecular flexibility index (Phi) is 4.65. The van der Waals surface area contributed by atoms with Crippen LogP contribution < -0.4 is 10.2 Å². The molecule has 1 aromatic heterocycles. The Morgan fingerprint density at radius 1 is 1.18 bits per heavy atom. The maximum absolute atomic E-state index is 14.2. The first-order chi connectivity index (χ1) is 13.5. The highest BCUT2D eigenvalue weighted by Gasteiger charge is 2.36. The summed E-state index contributed by atoms with van der Waals surface area (Å²) in [5.74, 6) is -1.19. The SMILES string of the molecule is Cc1ccc(N2CC(C(=O)Nc3ccn(-c4ccccc4)n3)CC2=O)c(F)c1. The quantitative estimate of drug-likeness (QED) is 0.757. The number of nitrogens with one attached hydrogen (secondary N) is 1. The fourth-order valence-electron chi connectivity index (χ4n) is 3.29. The summed E-state index contributed by atoms with van der Waals surface area (Å²) in [6.45, 7) is 1.92. The van der Waals surface area contributed by atoms with Gasteiger partial charge in [0.2, 0.25) is 11.8 Å². The molecule has 6 nitrogen and oxygen atoms in total. The second-order valence-corrected chi connectivity index (χ2v) is 6.83. The summed E-state index contributed by atoms with van der Waals surface area (Å²) in [5.41, 5.74) is 1.86. The summed E-state index contributed by atoms with van der Waals surface area (Å²) in [4.78, 5) is 26.3. The van der Waals surface area contributed by atoms with E-state index in [9.17, 15) is 14.0 Å². The Hall–Kier alpha value is -3.48. The van der Waals surface area contributed by atoms with Crippen molar-refractivity contribution in [3.8, 4) is 5.69 Å². The molecule has 2 heterocycles. The van der Waals surface area contributed by atoms with Crippen molar-refractivity contribution in [3.05, 3.63) is 72.2 Å². The van der Waals surface area contributed by atoms with Gasteiger partial charge in [-0.15, -0.1) is 0 Å². The third kappa shape index (κ3) is 3.51. The molecular formula is C21H19FN4O2. The molecule has 1 N–H and O–H groups in total. The molecule has 1 atom stereocenters. The lowest BCUT2D eigenvalue weighted by Crippen LogP contribution is -2.28. The van der Waals surface area contributed by atoms with E-state index >= 15 is 0 Å². The summed E-state index contributed by atoms with van der Waals surface area (Å²) in [6, 6.07) is 15.9. The van der Waals surface area contributed by atoms with Crippen LogP contribution in [0.3, 0.4) is 0 Å². The van der Waals surface area contributed by atoms with Crippen LogP contribution in [0.15, 0.2) is 60.8 Å². The van der Waals surface area contributed by atoms with Gasteiger partial charge in [-0.05, 0) is 36.8 Å². The lowest BCUT2D eigenvalue weighted by atomic mass is 10.1. The normalized spacial score (nSPS) is 16.4. The van der Waals surface area contributed by atoms with Gasteiger partial charge in [0.05, 0.1) is 17.3 Å². The predicted octanol–water partition coefficient (Wildman–Crippen LogP) is 3.31. The monoisotopic (exact) mass is 378 g/mol. The molecule has 2 amide bonds. The molecule has 28 heavy (non-hydrogen) atoms. The number of hydrogen-bond donors (Lipinski definition) is 1. The Labute approximate surface area is 161 Å². The molecule has 1 fully saturated rings. The first kappa shape index (κ1) is 17.9. The topological polar surface area (TPSA) is 67.2 Å². The predicted molar refractivity (Wildman–Crippen MR) is 104 cm³/mol. The zero-order valence-electron chi connectivity index (χ0n) is 15.3. The number of hydrogen-bond acceptors (Lipinski definition) is 3. The smallest absolute Gasteiger partial charge is 0.231 e. The van der Waals surface area contributed by atoms with Crippen molar-refractivity contribution in [3.63, 3.8) is 0 Å². The third-order valence-electron chi connectivity index (χ3n) is 4.75. The Morgan fingerprint density at radius 3 is 2.71 bits per heavy atom. The number of anilines is 2. The van der Waals surface area contributed by atoms with Gasteiger partial charge in [0.15, 0.2) is 5.82 Å². The van der Waals surface area contributed by atoms with E-state index in [2.05, 4.69) is 10.4 Å². The van der Waals surface area contributed by atoms with Crippen LogP contribution in [-0.4, -0.2) is 28.1 Å². The standard InChI is InChI=1S/C21H19FN4O2/c1-14-7-8-18(17(22)11-14)25-13-15(12-20(25)27)21(28)23-19-9-10-26(24-19)16-5-3-2-4-6-16/h2-11,15H,12-13H2,1H3,(H,23,24,28). The second-order valence-electron chi connectivity index (χ2n) is 6.83. The zero-order valence-corrected chi connectivity index (χ0v) is 15.3. The van der Waals surface area contributed by atoms with Crippen LogP contribution in [0.4, 0.5) is 15.9 Å². The summed E-state index contributed by atoms with van der Waals surface area (Å²) >= 11 is 0. The molecule has 2 aromatic carbocycles. The summed E-state index contributed by atoms with van der Waals surface area (Å²) in [6.07, 6.45) is 1.79. The summed E-state index contributed by atoms with van der Waals surface area (Å²) in [5, 5.41) is 7.08. The fourth-order valence-corrected chi connectivity index (χ4v) is 3.29. The van der Waals surface area contributed by atoms with Crippen molar-refractivity contribution in [2.75, 3.05) is 16.8 Å². The zero-order chi connectivity index (χ0) is 19.7. The van der Waals surface area contributed by atoms with Crippen LogP contribution in [0.25, 0.3) is 5.69 Å². The lowest BCUT2D eigenvalue weighted by molar-refractivity contribution is -0.122. The van der Waals surface area contributed by atoms with Gasteiger partial charge in [-0.2, -0.15) is 5.10 Å². The summed E-state index contributed by atoms with van der Waals surface area (Å²) in [7, 11) is 0. The fraction of sp³-hybridized carbons (Fsp3) is 0.190. The number of rotatable bonds is 4. The van der Waals surface area contributed by atoms with Crippen LogP contribution in [-0.2, 0) is 9.59 Å². The Morgan fingerprint density at radius 2 is 1.96 bits per heavy atom. The molecule has 1 unspecified atom stereocenters. The third-order valence-corrected chi connectivity index (χ3v) is 4.75. The van der Waals surface area contributed by atoms with Crippen LogP contribution in [0.1, 0.15) is 12.0 Å². The van der Waals surface area contributed by atoms with E-state index in [0.29, 0.717) is 5.82 Å². The molecule has 0 spiro atoms. The van der Waals surface area contributed by atoms with E-state index in [1.807, 2.05) is 30.3 Å². The number of halogens is 1. The second kappa shape index (κ2) is 7.26. The molecule has 4 rings (SSSR count). The van der Waals surface area contributed by atoms with Crippen molar-refractivity contribution in [1.82, 2.24) is 9.78 Å². The van der Waals surface area contributed by atoms with Crippen molar-refractivity contribution >= 4 is 23.3 Å². The van der Waals surface area contributed by atoms with Crippen LogP contribution >= 0.6 is 0 Å². The first-order valence-corrected chi connectivity index (χ1v) is 9.00. The van der Waals surface area contributed by atoms with Gasteiger partial charge in [0.1, 0.15) is 5.82 Å². The highest BCUT2D eigenvalue weighted by atomic mass is 19.1. The van der Waals surface area contributed by atoms with Crippen molar-refractivity contribution < 1.29 is 14.0 Å². The van der Waals surface area contributed by atoms with Gasteiger partial charge in [0.25, 0.3) is 0 Å². The number of aryl methyl sites for hydroxylation is 1. The van der Waals surface area contributed by atoms with Gasteiger partial charge in [-0.25, -0.2) is 9.07 Å². The van der Waals surface area contributed by atoms with Gasteiger partial charge < -0.3 is 10.2 Å². The summed E-state index contributed by atoms with van der Waals surface area (Å²) < 4.78 is 15.9. The minimum atomic E-state index is -0.560. The minimum absolute atomic E-state index is 0.0402. The van der Waals surface area contributed by atoms with E-state index in [1.54, 1.807) is 36.0 Å². The molecular weight excluding hydrogens is 359 g/mol. The highest BCUT2D eigenvalue weighted by Crippen LogP contribution is 2.28. The molecule has 1 aliphatic rings. The molecule has 1 saturated heterocycles. The Bertz CT molecular complexity index is 1030. The molecule has 3 aromatic rings. The van der Waals surface area contributed by atoms with E-state index in [4.69, 9.17) is 0 Å². The maximum Gasteiger partial charge on any atom is 0.231 e. The van der Waals surface area contributed by atoms with E-state index in [1.165, 1.54) is 11.0 Å². The van der Waals surface area contributed by atoms with E-state index in [-0.39, 0.29) is 30.5 Å². The number of para-hydroxylation sites is 1. The maximum atomic E-state index is 14.2. The number of nitrogens with zero attached hydrogens (tertiary/aromatic N) is 3. The number of benzene rings is 2. The van der Waals surface area contributed by atoms with Crippen molar-refractivity contribution in [1.29, 1.82) is 0 Å². The molecule has 0 saturated carbocycles. The number of carbonyl (C=O) groups excluding carboxylic acids is 2. The molecule has 0 aliphatic carbocycles. The van der Waals surface area contributed by atoms with Crippen LogP contribution in [0.2, 0.25) is 0 Å². The average Bonchev–Trinajstić information content (AvgIpc) is 3.29. The highest BCUT2D eigenvalue weighted by molar-refractivity contribution is 6.03. The largest absolute Gasteiger partial charge is 0.309 e. The van der Waals surface area contributed by atoms with Crippen molar-refractivity contribution in [2.45, 2.75) is 13.3 Å². The molecule has 1 aliphatic heterocycles. The van der Waals surface area contributed by atoms with E-state index < -0.39 is 11.7 Å². The Balaban J connectivity index is 1.45. The molecule has 0 bridgehead atoms. The molecule has 7 heteroatoms. The number of aromatic nitrogens is 2. The minimum Gasteiger partial charge on any atom is -0.309 e. The van der Waals surface area contributed by atoms with Gasteiger partial charge in [-0.1, -0.05) is 24.3 Å². The lowest BCUT2D eigenvalue weighted by Gasteiger charge is -2.17. The van der Waals surface area contributed by atoms with Crippen LogP contribution in [0.5, 0.6) is 0 Å². The average molecular weight is 378 g/mol. The molecule has 0 radical (unpaired) electrons. The van der Waals surface area contributed by atoms with Gasteiger partial charge in [0, 0.05) is 25.2 Å².